The van der Waals surface area contributed by atoms with E-state index in [0.29, 0.717) is 24.6 Å². The molecule has 0 unspecified atom stereocenters. The van der Waals surface area contributed by atoms with Crippen molar-refractivity contribution in [3.8, 4) is 11.5 Å². The van der Waals surface area contributed by atoms with Crippen molar-refractivity contribution in [1.29, 1.82) is 0 Å². The molecule has 0 spiro atoms. The van der Waals surface area contributed by atoms with Gasteiger partial charge in [0.1, 0.15) is 5.76 Å². The van der Waals surface area contributed by atoms with Gasteiger partial charge in [0, 0.05) is 25.6 Å². The minimum atomic E-state index is -0.210. The highest BCUT2D eigenvalue weighted by molar-refractivity contribution is 5.73. The van der Waals surface area contributed by atoms with Crippen LogP contribution in [0.15, 0.2) is 28.8 Å². The van der Waals surface area contributed by atoms with Crippen LogP contribution in [-0.2, 0) is 13.0 Å². The average molecular weight is 333 g/mol. The number of methoxy groups -OCH3 is 2. The first-order valence-electron chi connectivity index (χ1n) is 7.77. The van der Waals surface area contributed by atoms with Gasteiger partial charge in [-0.3, -0.25) is 0 Å². The third-order valence-electron chi connectivity index (χ3n) is 3.46. The Labute approximate surface area is 141 Å². The Kier molecular flexibility index (Phi) is 6.48. The highest BCUT2D eigenvalue weighted by Gasteiger charge is 2.06. The summed E-state index contributed by atoms with van der Waals surface area (Å²) < 4.78 is 15.5. The molecule has 1 heterocycles. The van der Waals surface area contributed by atoms with E-state index in [1.807, 2.05) is 31.2 Å². The van der Waals surface area contributed by atoms with Gasteiger partial charge in [0.15, 0.2) is 11.5 Å². The zero-order valence-corrected chi connectivity index (χ0v) is 14.2. The van der Waals surface area contributed by atoms with Crippen molar-refractivity contribution in [3.63, 3.8) is 0 Å². The predicted molar refractivity (Wildman–Crippen MR) is 89.3 cm³/mol. The number of amides is 2. The third kappa shape index (κ3) is 5.19. The first-order chi connectivity index (χ1) is 11.6. The molecule has 2 rings (SSSR count). The van der Waals surface area contributed by atoms with Gasteiger partial charge in [-0.05, 0) is 31.0 Å². The highest BCUT2D eigenvalue weighted by atomic mass is 16.5. The fourth-order valence-corrected chi connectivity index (χ4v) is 2.23. The molecule has 130 valence electrons. The van der Waals surface area contributed by atoms with Gasteiger partial charge >= 0.3 is 6.03 Å². The number of benzene rings is 1. The van der Waals surface area contributed by atoms with E-state index in [0.717, 1.165) is 29.9 Å². The molecule has 0 aliphatic rings. The van der Waals surface area contributed by atoms with Crippen LogP contribution in [-0.4, -0.2) is 32.0 Å². The normalized spacial score (nSPS) is 10.3. The molecule has 7 heteroatoms. The summed E-state index contributed by atoms with van der Waals surface area (Å²) in [4.78, 5) is 11.8. The molecule has 0 saturated heterocycles. The van der Waals surface area contributed by atoms with Crippen molar-refractivity contribution in [3.05, 3.63) is 41.3 Å². The third-order valence-corrected chi connectivity index (χ3v) is 3.46. The number of hydrogen-bond acceptors (Lipinski definition) is 5. The standard InChI is InChI=1S/C17H23N3O4/c1-12-9-14(24-20-12)5-4-8-18-17(21)19-11-13-6-7-15(22-2)16(10-13)23-3/h6-7,9-10H,4-5,8,11H2,1-3H3,(H2,18,19,21). The molecule has 2 aromatic rings. The Morgan fingerprint density at radius 2 is 1.96 bits per heavy atom. The lowest BCUT2D eigenvalue weighted by Crippen LogP contribution is -2.35. The van der Waals surface area contributed by atoms with Gasteiger partial charge in [0.2, 0.25) is 0 Å². The van der Waals surface area contributed by atoms with Gasteiger partial charge in [-0.25, -0.2) is 4.79 Å². The van der Waals surface area contributed by atoms with E-state index in [2.05, 4.69) is 15.8 Å². The predicted octanol–water partition coefficient (Wildman–Crippen LogP) is 2.43. The molecule has 1 aromatic heterocycles. The van der Waals surface area contributed by atoms with E-state index in [-0.39, 0.29) is 6.03 Å². The maximum absolute atomic E-state index is 11.8. The van der Waals surface area contributed by atoms with Gasteiger partial charge in [-0.15, -0.1) is 0 Å². The van der Waals surface area contributed by atoms with Crippen LogP contribution < -0.4 is 20.1 Å². The monoisotopic (exact) mass is 333 g/mol. The Morgan fingerprint density at radius 1 is 1.17 bits per heavy atom. The number of ether oxygens (including phenoxy) is 2. The van der Waals surface area contributed by atoms with E-state index in [1.54, 1.807) is 14.2 Å². The average Bonchev–Trinajstić information content (AvgIpc) is 3.01. The maximum atomic E-state index is 11.8. The summed E-state index contributed by atoms with van der Waals surface area (Å²) in [6, 6.07) is 7.22. The molecule has 2 N–H and O–H groups in total. The molecular formula is C17H23N3O4. The van der Waals surface area contributed by atoms with Crippen molar-refractivity contribution in [2.24, 2.45) is 0 Å². The Morgan fingerprint density at radius 3 is 2.62 bits per heavy atom. The van der Waals surface area contributed by atoms with E-state index < -0.39 is 0 Å². The first-order valence-corrected chi connectivity index (χ1v) is 7.77. The van der Waals surface area contributed by atoms with E-state index >= 15 is 0 Å². The summed E-state index contributed by atoms with van der Waals surface area (Å²) >= 11 is 0. The summed E-state index contributed by atoms with van der Waals surface area (Å²) in [5.41, 5.74) is 1.80. The van der Waals surface area contributed by atoms with E-state index in [1.165, 1.54) is 0 Å². The lowest BCUT2D eigenvalue weighted by atomic mass is 10.2. The molecular weight excluding hydrogens is 310 g/mol. The molecule has 0 aliphatic carbocycles. The van der Waals surface area contributed by atoms with Gasteiger partial charge < -0.3 is 24.6 Å². The number of aryl methyl sites for hydroxylation is 2. The van der Waals surface area contributed by atoms with Gasteiger partial charge in [0.05, 0.1) is 19.9 Å². The van der Waals surface area contributed by atoms with Crippen molar-refractivity contribution in [2.75, 3.05) is 20.8 Å². The molecule has 0 fully saturated rings. The smallest absolute Gasteiger partial charge is 0.315 e. The molecule has 0 bridgehead atoms. The van der Waals surface area contributed by atoms with Crippen molar-refractivity contribution in [2.45, 2.75) is 26.3 Å². The SMILES string of the molecule is COc1ccc(CNC(=O)NCCCc2cc(C)no2)cc1OC. The molecule has 24 heavy (non-hydrogen) atoms. The number of carbonyl (C=O) groups is 1. The number of urea groups is 1. The van der Waals surface area contributed by atoms with Crippen molar-refractivity contribution >= 4 is 6.03 Å². The quantitative estimate of drug-likeness (QED) is 0.725. The van der Waals surface area contributed by atoms with Gasteiger partial charge in [-0.2, -0.15) is 0 Å². The van der Waals surface area contributed by atoms with Crippen LogP contribution in [0.2, 0.25) is 0 Å². The zero-order valence-electron chi connectivity index (χ0n) is 14.2. The van der Waals surface area contributed by atoms with Crippen molar-refractivity contribution < 1.29 is 18.8 Å². The number of nitrogens with zero attached hydrogens (tertiary/aromatic N) is 1. The van der Waals surface area contributed by atoms with Crippen LogP contribution in [0.1, 0.15) is 23.4 Å². The molecule has 0 radical (unpaired) electrons. The summed E-state index contributed by atoms with van der Waals surface area (Å²) in [5, 5.41) is 9.45. The molecule has 0 aliphatic heterocycles. The van der Waals surface area contributed by atoms with Crippen LogP contribution in [0.25, 0.3) is 0 Å². The zero-order chi connectivity index (χ0) is 17.4. The van der Waals surface area contributed by atoms with Crippen LogP contribution in [0, 0.1) is 6.92 Å². The summed E-state index contributed by atoms with van der Waals surface area (Å²) in [6.07, 6.45) is 1.54. The van der Waals surface area contributed by atoms with Gasteiger partial charge in [0.25, 0.3) is 0 Å². The minimum Gasteiger partial charge on any atom is -0.493 e. The topological polar surface area (TPSA) is 85.6 Å². The van der Waals surface area contributed by atoms with E-state index in [9.17, 15) is 4.79 Å². The lowest BCUT2D eigenvalue weighted by molar-refractivity contribution is 0.240. The number of nitrogens with one attached hydrogen (secondary N) is 2. The van der Waals surface area contributed by atoms with Crippen LogP contribution in [0.5, 0.6) is 11.5 Å². The summed E-state index contributed by atoms with van der Waals surface area (Å²) in [5.74, 6) is 2.13. The largest absolute Gasteiger partial charge is 0.493 e. The molecule has 7 nitrogen and oxygen atoms in total. The van der Waals surface area contributed by atoms with Crippen LogP contribution in [0.4, 0.5) is 4.79 Å². The number of aromatic nitrogens is 1. The number of hydrogen-bond donors (Lipinski definition) is 2. The van der Waals surface area contributed by atoms with Crippen molar-refractivity contribution in [1.82, 2.24) is 15.8 Å². The summed E-state index contributed by atoms with van der Waals surface area (Å²) in [7, 11) is 3.17. The fraction of sp³-hybridized carbons (Fsp3) is 0.412. The maximum Gasteiger partial charge on any atom is 0.315 e. The summed E-state index contributed by atoms with van der Waals surface area (Å²) in [6.45, 7) is 2.86. The van der Waals surface area contributed by atoms with Crippen LogP contribution >= 0.6 is 0 Å². The molecule has 0 saturated carbocycles. The minimum absolute atomic E-state index is 0.210. The second kappa shape index (κ2) is 8.81. The number of rotatable bonds is 8. The molecule has 0 atom stereocenters. The van der Waals surface area contributed by atoms with Crippen LogP contribution in [0.3, 0.4) is 0 Å². The Hall–Kier alpha value is -2.70. The van der Waals surface area contributed by atoms with E-state index in [4.69, 9.17) is 14.0 Å². The fourth-order valence-electron chi connectivity index (χ4n) is 2.23. The second-order valence-electron chi connectivity index (χ2n) is 5.34. The Balaban J connectivity index is 1.69. The first kappa shape index (κ1) is 17.7. The van der Waals surface area contributed by atoms with Gasteiger partial charge in [-0.1, -0.05) is 11.2 Å². The molecule has 2 amide bonds. The second-order valence-corrected chi connectivity index (χ2v) is 5.34. The Bertz CT molecular complexity index is 670. The lowest BCUT2D eigenvalue weighted by Gasteiger charge is -2.11. The number of carbonyl (C=O) groups excluding carboxylic acids is 1. The molecule has 1 aromatic carbocycles. The highest BCUT2D eigenvalue weighted by Crippen LogP contribution is 2.27.